The summed E-state index contributed by atoms with van der Waals surface area (Å²) in [5, 5.41) is 4.53. The first-order valence-electron chi connectivity index (χ1n) is 10.5. The van der Waals surface area contributed by atoms with Gasteiger partial charge in [0.2, 0.25) is 0 Å². The van der Waals surface area contributed by atoms with Gasteiger partial charge in [-0.1, -0.05) is 12.1 Å². The van der Waals surface area contributed by atoms with E-state index in [0.717, 1.165) is 17.0 Å². The number of aromatic nitrogens is 2. The molecular weight excluding hydrogens is 510 g/mol. The van der Waals surface area contributed by atoms with Crippen LogP contribution >= 0.6 is 0 Å². The zero-order chi connectivity index (χ0) is 26.9. The van der Waals surface area contributed by atoms with E-state index in [-0.39, 0.29) is 21.8 Å². The second kappa shape index (κ2) is 9.74. The number of fused-ring (bicyclic) bond motifs is 1. The molecular formula is C23H25N3O8S2. The Labute approximate surface area is 208 Å². The Hall–Kier alpha value is -3.71. The monoisotopic (exact) mass is 535 g/mol. The molecule has 0 bridgehead atoms. The van der Waals surface area contributed by atoms with Crippen molar-refractivity contribution in [2.24, 2.45) is 0 Å². The lowest BCUT2D eigenvalue weighted by Gasteiger charge is -2.19. The Morgan fingerprint density at radius 1 is 1.03 bits per heavy atom. The maximum absolute atomic E-state index is 13.1. The van der Waals surface area contributed by atoms with Gasteiger partial charge in [0, 0.05) is 23.4 Å². The van der Waals surface area contributed by atoms with Gasteiger partial charge in [0.05, 0.1) is 23.2 Å². The maximum Gasteiger partial charge on any atom is 0.435 e. The van der Waals surface area contributed by atoms with Gasteiger partial charge in [-0.05, 0) is 57.2 Å². The fourth-order valence-corrected chi connectivity index (χ4v) is 5.86. The summed E-state index contributed by atoms with van der Waals surface area (Å²) in [6, 6.07) is 9.46. The van der Waals surface area contributed by atoms with Crippen LogP contribution in [0.25, 0.3) is 17.0 Å². The molecule has 1 aromatic heterocycles. The molecule has 0 saturated heterocycles. The van der Waals surface area contributed by atoms with E-state index >= 15 is 0 Å². The Bertz CT molecular complexity index is 1580. The minimum Gasteiger partial charge on any atom is -0.466 e. The van der Waals surface area contributed by atoms with Crippen LogP contribution in [0.2, 0.25) is 0 Å². The van der Waals surface area contributed by atoms with Crippen LogP contribution in [0.3, 0.4) is 0 Å². The van der Waals surface area contributed by atoms with Gasteiger partial charge >= 0.3 is 12.1 Å². The van der Waals surface area contributed by atoms with Crippen molar-refractivity contribution in [1.82, 2.24) is 9.78 Å². The topological polar surface area (TPSA) is 151 Å². The third-order valence-electron chi connectivity index (χ3n) is 4.64. The molecule has 3 aromatic rings. The van der Waals surface area contributed by atoms with Crippen molar-refractivity contribution < 1.29 is 35.9 Å². The Balaban J connectivity index is 2.11. The van der Waals surface area contributed by atoms with Gasteiger partial charge in [-0.2, -0.15) is 9.78 Å². The molecule has 0 atom stereocenters. The van der Waals surface area contributed by atoms with E-state index in [2.05, 4.69) is 14.6 Å². The number of esters is 1. The van der Waals surface area contributed by atoms with Gasteiger partial charge < -0.3 is 9.47 Å². The molecule has 13 heteroatoms. The highest BCUT2D eigenvalue weighted by Gasteiger charge is 2.25. The fraction of sp³-hybridized carbons (Fsp3) is 0.261. The van der Waals surface area contributed by atoms with Crippen LogP contribution in [0.4, 0.5) is 10.5 Å². The molecule has 3 rings (SSSR count). The fourth-order valence-electron chi connectivity index (χ4n) is 3.18. The van der Waals surface area contributed by atoms with Crippen LogP contribution in [-0.4, -0.2) is 57.6 Å². The van der Waals surface area contributed by atoms with Crippen molar-refractivity contribution in [3.05, 3.63) is 54.2 Å². The maximum atomic E-state index is 13.1. The number of ether oxygens (including phenoxy) is 2. The summed E-state index contributed by atoms with van der Waals surface area (Å²) in [5.74, 6) is -0.663. The van der Waals surface area contributed by atoms with Gasteiger partial charge in [0.15, 0.2) is 9.84 Å². The molecule has 0 aliphatic carbocycles. The zero-order valence-corrected chi connectivity index (χ0v) is 21.8. The van der Waals surface area contributed by atoms with E-state index in [0.29, 0.717) is 5.39 Å². The minimum atomic E-state index is -4.31. The molecule has 0 saturated carbocycles. The molecule has 36 heavy (non-hydrogen) atoms. The number of nitrogens with one attached hydrogen (secondary N) is 1. The summed E-state index contributed by atoms with van der Waals surface area (Å²) >= 11 is 0. The van der Waals surface area contributed by atoms with E-state index in [1.165, 1.54) is 55.7 Å². The first-order chi connectivity index (χ1) is 16.6. The predicted octanol–water partition coefficient (Wildman–Crippen LogP) is 3.21. The van der Waals surface area contributed by atoms with E-state index in [9.17, 15) is 26.4 Å². The van der Waals surface area contributed by atoms with E-state index < -0.39 is 42.4 Å². The third kappa shape index (κ3) is 6.10. The molecule has 2 aromatic carbocycles. The third-order valence-corrected chi connectivity index (χ3v) is 7.37. The van der Waals surface area contributed by atoms with Crippen molar-refractivity contribution in [3.8, 4) is 0 Å². The number of sulfone groups is 1. The zero-order valence-electron chi connectivity index (χ0n) is 20.2. The molecule has 0 fully saturated rings. The van der Waals surface area contributed by atoms with E-state index in [4.69, 9.17) is 4.74 Å². The molecule has 0 aliphatic heterocycles. The average molecular weight is 536 g/mol. The smallest absolute Gasteiger partial charge is 0.435 e. The number of benzene rings is 2. The normalized spacial score (nSPS) is 12.6. The molecule has 0 amide bonds. The summed E-state index contributed by atoms with van der Waals surface area (Å²) in [7, 11) is -6.94. The van der Waals surface area contributed by atoms with Crippen LogP contribution in [0, 0.1) is 0 Å². The summed E-state index contributed by atoms with van der Waals surface area (Å²) < 4.78 is 63.7. The van der Waals surface area contributed by atoms with Gasteiger partial charge in [0.1, 0.15) is 10.5 Å². The number of hydrogen-bond donors (Lipinski definition) is 1. The molecule has 0 radical (unpaired) electrons. The molecule has 11 nitrogen and oxygen atoms in total. The van der Waals surface area contributed by atoms with Gasteiger partial charge in [-0.25, -0.2) is 26.4 Å². The van der Waals surface area contributed by atoms with Crippen molar-refractivity contribution in [3.63, 3.8) is 0 Å². The number of carbonyl (C=O) groups is 2. The number of anilines is 1. The van der Waals surface area contributed by atoms with E-state index in [1.54, 1.807) is 20.8 Å². The van der Waals surface area contributed by atoms with Gasteiger partial charge in [-0.3, -0.25) is 4.72 Å². The largest absolute Gasteiger partial charge is 0.466 e. The second-order valence-corrected chi connectivity index (χ2v) is 12.3. The Morgan fingerprint density at radius 2 is 1.67 bits per heavy atom. The lowest BCUT2D eigenvalue weighted by molar-refractivity contribution is -0.134. The van der Waals surface area contributed by atoms with Gasteiger partial charge in [0.25, 0.3) is 10.0 Å². The molecule has 1 N–H and O–H groups in total. The quantitative estimate of drug-likeness (QED) is 0.370. The van der Waals surface area contributed by atoms with Crippen molar-refractivity contribution >= 4 is 54.6 Å². The molecule has 0 spiro atoms. The summed E-state index contributed by atoms with van der Waals surface area (Å²) in [6.07, 6.45) is 2.55. The lowest BCUT2D eigenvalue weighted by Crippen LogP contribution is -2.27. The van der Waals surface area contributed by atoms with Crippen LogP contribution in [0.15, 0.2) is 58.3 Å². The van der Waals surface area contributed by atoms with Crippen molar-refractivity contribution in [2.75, 3.05) is 18.1 Å². The highest BCUT2D eigenvalue weighted by atomic mass is 32.2. The van der Waals surface area contributed by atoms with Gasteiger partial charge in [-0.15, -0.1) is 0 Å². The summed E-state index contributed by atoms with van der Waals surface area (Å²) in [6.45, 7) is 5.07. The number of rotatable bonds is 6. The second-order valence-electron chi connectivity index (χ2n) is 8.69. The number of hydrogen-bond acceptors (Lipinski definition) is 9. The molecule has 1 heterocycles. The average Bonchev–Trinajstić information content (AvgIpc) is 3.13. The number of carbonyl (C=O) groups excluding carboxylic acids is 2. The van der Waals surface area contributed by atoms with Crippen LogP contribution < -0.4 is 4.72 Å². The van der Waals surface area contributed by atoms with Crippen molar-refractivity contribution in [2.45, 2.75) is 36.2 Å². The molecule has 192 valence electrons. The van der Waals surface area contributed by atoms with E-state index in [1.807, 2.05) is 0 Å². The summed E-state index contributed by atoms with van der Waals surface area (Å²) in [5.41, 5.74) is -0.283. The Kier molecular flexibility index (Phi) is 7.27. The van der Waals surface area contributed by atoms with Crippen molar-refractivity contribution in [1.29, 1.82) is 0 Å². The number of methoxy groups -OCH3 is 1. The van der Waals surface area contributed by atoms with Crippen LogP contribution in [0.1, 0.15) is 26.5 Å². The van der Waals surface area contributed by atoms with Crippen LogP contribution in [0.5, 0.6) is 0 Å². The summed E-state index contributed by atoms with van der Waals surface area (Å²) in [4.78, 5) is 23.5. The SMILES string of the molecule is COC(=O)C=Cc1nn(C(=O)OC(C)(C)C)c2ccc(NS(=O)(=O)c3ccccc3S(C)(=O)=O)cc12. The lowest BCUT2D eigenvalue weighted by atomic mass is 10.2. The Morgan fingerprint density at radius 3 is 2.25 bits per heavy atom. The highest BCUT2D eigenvalue weighted by Crippen LogP contribution is 2.28. The first kappa shape index (κ1) is 26.9. The highest BCUT2D eigenvalue weighted by molar-refractivity contribution is 7.95. The van der Waals surface area contributed by atoms with Crippen LogP contribution in [-0.2, 0) is 34.1 Å². The number of nitrogens with zero attached hydrogens (tertiary/aromatic N) is 2. The standard InChI is InChI=1S/C23H25N3O8S2/c1-23(2,3)34-22(28)26-18-12-10-15(14-16(18)17(24-26)11-13-21(27)33-4)25-36(31,32)20-9-7-6-8-19(20)35(5,29)30/h6-14,25H,1-5H3. The molecule has 0 unspecified atom stereocenters. The predicted molar refractivity (Wildman–Crippen MR) is 133 cm³/mol. The molecule has 0 aliphatic rings. The number of sulfonamides is 1. The first-order valence-corrected chi connectivity index (χ1v) is 13.8. The minimum absolute atomic E-state index is 0.0715.